The number of hydrogen-bond acceptors (Lipinski definition) is 6. The molecular formula is C18H22N4O5S. The summed E-state index contributed by atoms with van der Waals surface area (Å²) >= 11 is 0. The second-order valence-corrected chi connectivity index (χ2v) is 8.08. The van der Waals surface area contributed by atoms with Crippen molar-refractivity contribution in [1.29, 1.82) is 0 Å². The molecule has 0 unspecified atom stereocenters. The Hall–Kier alpha value is -2.53. The number of aliphatic hydroxyl groups excluding tert-OH is 1. The van der Waals surface area contributed by atoms with Gasteiger partial charge in [0.25, 0.3) is 10.0 Å². The molecule has 28 heavy (non-hydrogen) atoms. The first kappa shape index (κ1) is 20.2. The number of ether oxygens (including phenoxy) is 1. The average Bonchev–Trinajstić information content (AvgIpc) is 3.11. The average molecular weight is 406 g/mol. The fourth-order valence-corrected chi connectivity index (χ4v) is 3.99. The summed E-state index contributed by atoms with van der Waals surface area (Å²) < 4.78 is 34.5. The third kappa shape index (κ3) is 5.04. The molecule has 0 bridgehead atoms. The van der Waals surface area contributed by atoms with Gasteiger partial charge in [-0.1, -0.05) is 30.4 Å². The maximum absolute atomic E-state index is 12.4. The van der Waals surface area contributed by atoms with Crippen LogP contribution >= 0.6 is 0 Å². The van der Waals surface area contributed by atoms with Crippen molar-refractivity contribution in [3.8, 4) is 0 Å². The molecule has 2 heterocycles. The van der Waals surface area contributed by atoms with Crippen molar-refractivity contribution in [2.24, 2.45) is 7.05 Å². The van der Waals surface area contributed by atoms with E-state index in [1.54, 1.807) is 31.3 Å². The van der Waals surface area contributed by atoms with Crippen LogP contribution in [0.4, 0.5) is 5.69 Å². The number of amides is 1. The number of hydrogen-bond donors (Lipinski definition) is 3. The Morgan fingerprint density at radius 2 is 2.04 bits per heavy atom. The van der Waals surface area contributed by atoms with Crippen LogP contribution < -0.4 is 10.0 Å². The Morgan fingerprint density at radius 3 is 2.68 bits per heavy atom. The lowest BCUT2D eigenvalue weighted by atomic mass is 10.1. The fraction of sp³-hybridized carbons (Fsp3) is 0.333. The highest BCUT2D eigenvalue weighted by atomic mass is 32.2. The minimum atomic E-state index is -3.87. The van der Waals surface area contributed by atoms with E-state index in [-0.39, 0.29) is 17.4 Å². The van der Waals surface area contributed by atoms with Gasteiger partial charge in [-0.25, -0.2) is 18.1 Å². The highest BCUT2D eigenvalue weighted by molar-refractivity contribution is 7.89. The first-order chi connectivity index (χ1) is 13.4. The summed E-state index contributed by atoms with van der Waals surface area (Å²) in [5.41, 5.74) is 0.673. The number of anilines is 1. The van der Waals surface area contributed by atoms with Crippen molar-refractivity contribution < 1.29 is 23.1 Å². The summed E-state index contributed by atoms with van der Waals surface area (Å²) in [6.07, 6.45) is 4.61. The quantitative estimate of drug-likeness (QED) is 0.573. The standard InChI is InChI=1S/C18H22N4O5S/c1-22-10-18(19-12-22)28(25,26)21-15-8-7-14(27-16(15)11-23)9-17(24)20-13-5-3-2-4-6-13/h2-8,10,12,14-16,21,23H,9,11H2,1H3,(H,20,24)/t14-,15+,16-/m1/s1. The third-order valence-corrected chi connectivity index (χ3v) is 5.50. The van der Waals surface area contributed by atoms with Gasteiger partial charge in [-0.2, -0.15) is 0 Å². The molecule has 0 fully saturated rings. The van der Waals surface area contributed by atoms with Crippen LogP contribution in [-0.4, -0.2) is 53.8 Å². The molecule has 0 saturated carbocycles. The van der Waals surface area contributed by atoms with Crippen LogP contribution in [0.5, 0.6) is 0 Å². The molecule has 0 spiro atoms. The van der Waals surface area contributed by atoms with Crippen LogP contribution in [-0.2, 0) is 26.6 Å². The van der Waals surface area contributed by atoms with Crippen LogP contribution in [0, 0.1) is 0 Å². The lowest BCUT2D eigenvalue weighted by molar-refractivity contribution is -0.120. The summed E-state index contributed by atoms with van der Waals surface area (Å²) in [5, 5.41) is 12.2. The van der Waals surface area contributed by atoms with E-state index in [0.717, 1.165) is 0 Å². The van der Waals surface area contributed by atoms with Crippen LogP contribution in [0.3, 0.4) is 0 Å². The van der Waals surface area contributed by atoms with Gasteiger partial charge in [0.15, 0.2) is 5.03 Å². The monoisotopic (exact) mass is 406 g/mol. The summed E-state index contributed by atoms with van der Waals surface area (Å²) in [5.74, 6) is -0.245. The number of rotatable bonds is 7. The first-order valence-electron chi connectivity index (χ1n) is 8.67. The molecule has 150 valence electrons. The van der Waals surface area contributed by atoms with Gasteiger partial charge in [0, 0.05) is 18.9 Å². The Labute approximate surface area is 163 Å². The summed E-state index contributed by atoms with van der Waals surface area (Å²) in [4.78, 5) is 16.0. The number of nitrogens with zero attached hydrogens (tertiary/aromatic N) is 2. The summed E-state index contributed by atoms with van der Waals surface area (Å²) in [6, 6.07) is 8.24. The third-order valence-electron chi connectivity index (χ3n) is 4.16. The predicted molar refractivity (Wildman–Crippen MR) is 102 cm³/mol. The highest BCUT2D eigenvalue weighted by Gasteiger charge is 2.32. The van der Waals surface area contributed by atoms with E-state index in [1.165, 1.54) is 17.1 Å². The molecule has 10 heteroatoms. The van der Waals surface area contributed by atoms with Crippen LogP contribution in [0.2, 0.25) is 0 Å². The molecule has 0 aliphatic carbocycles. The zero-order chi connectivity index (χ0) is 20.1. The van der Waals surface area contributed by atoms with Gasteiger partial charge in [-0.3, -0.25) is 4.79 Å². The molecule has 1 aromatic heterocycles. The number of aliphatic hydroxyl groups is 1. The van der Waals surface area contributed by atoms with Crippen molar-refractivity contribution in [3.63, 3.8) is 0 Å². The molecule has 9 nitrogen and oxygen atoms in total. The minimum Gasteiger partial charge on any atom is -0.394 e. The molecule has 0 saturated heterocycles. The van der Waals surface area contributed by atoms with E-state index in [1.807, 2.05) is 18.2 Å². The van der Waals surface area contributed by atoms with Crippen LogP contribution in [0.1, 0.15) is 6.42 Å². The van der Waals surface area contributed by atoms with Gasteiger partial charge in [-0.15, -0.1) is 0 Å². The maximum atomic E-state index is 12.4. The van der Waals surface area contributed by atoms with Gasteiger partial charge in [0.05, 0.1) is 31.5 Å². The Bertz CT molecular complexity index is 942. The number of sulfonamides is 1. The lowest BCUT2D eigenvalue weighted by Crippen LogP contribution is -2.48. The van der Waals surface area contributed by atoms with Crippen molar-refractivity contribution in [1.82, 2.24) is 14.3 Å². The van der Waals surface area contributed by atoms with Crippen molar-refractivity contribution in [2.45, 2.75) is 29.7 Å². The molecule has 3 atom stereocenters. The number of aromatic nitrogens is 2. The number of aryl methyl sites for hydroxylation is 1. The molecule has 0 radical (unpaired) electrons. The fourth-order valence-electron chi connectivity index (χ4n) is 2.79. The number of benzene rings is 1. The van der Waals surface area contributed by atoms with E-state index in [0.29, 0.717) is 5.69 Å². The van der Waals surface area contributed by atoms with Crippen LogP contribution in [0.15, 0.2) is 60.0 Å². The van der Waals surface area contributed by atoms with Gasteiger partial charge < -0.3 is 19.7 Å². The number of para-hydroxylation sites is 1. The van der Waals surface area contributed by atoms with E-state index in [4.69, 9.17) is 4.74 Å². The second kappa shape index (κ2) is 8.65. The highest BCUT2D eigenvalue weighted by Crippen LogP contribution is 2.18. The first-order valence-corrected chi connectivity index (χ1v) is 10.2. The molecular weight excluding hydrogens is 384 g/mol. The SMILES string of the molecule is Cn1cnc(S(=O)(=O)N[C@H]2C=C[C@H](CC(=O)Nc3ccccc3)O[C@@H]2CO)c1. The second-order valence-electron chi connectivity index (χ2n) is 6.42. The minimum absolute atomic E-state index is 0.0433. The zero-order valence-corrected chi connectivity index (χ0v) is 16.0. The van der Waals surface area contributed by atoms with Gasteiger partial charge >= 0.3 is 0 Å². The van der Waals surface area contributed by atoms with Crippen molar-refractivity contribution in [3.05, 3.63) is 55.0 Å². The lowest BCUT2D eigenvalue weighted by Gasteiger charge is -2.31. The largest absolute Gasteiger partial charge is 0.394 e. The Balaban J connectivity index is 1.62. The molecule has 1 amide bonds. The number of carbonyl (C=O) groups excluding carboxylic acids is 1. The normalized spacial score (nSPS) is 22.1. The van der Waals surface area contributed by atoms with Gasteiger partial charge in [-0.05, 0) is 12.1 Å². The summed E-state index contributed by atoms with van der Waals surface area (Å²) in [7, 11) is -2.20. The van der Waals surface area contributed by atoms with Crippen LogP contribution in [0.25, 0.3) is 0 Å². The molecule has 1 aromatic carbocycles. The molecule has 3 rings (SSSR count). The Kier molecular flexibility index (Phi) is 6.25. The van der Waals surface area contributed by atoms with E-state index >= 15 is 0 Å². The van der Waals surface area contributed by atoms with E-state index in [2.05, 4.69) is 15.0 Å². The smallest absolute Gasteiger partial charge is 0.260 e. The molecule has 1 aliphatic heterocycles. The molecule has 1 aliphatic rings. The maximum Gasteiger partial charge on any atom is 0.260 e. The number of carbonyl (C=O) groups is 1. The zero-order valence-electron chi connectivity index (χ0n) is 15.2. The molecule has 2 aromatic rings. The molecule has 3 N–H and O–H groups in total. The Morgan fingerprint density at radius 1 is 1.29 bits per heavy atom. The topological polar surface area (TPSA) is 123 Å². The van der Waals surface area contributed by atoms with Gasteiger partial charge in [0.1, 0.15) is 6.10 Å². The predicted octanol–water partition coefficient (Wildman–Crippen LogP) is 0.412. The summed E-state index contributed by atoms with van der Waals surface area (Å²) in [6.45, 7) is -0.406. The van der Waals surface area contributed by atoms with Gasteiger partial charge in [0.2, 0.25) is 5.91 Å². The van der Waals surface area contributed by atoms with E-state index < -0.39 is 34.9 Å². The van der Waals surface area contributed by atoms with Crippen molar-refractivity contribution in [2.75, 3.05) is 11.9 Å². The number of nitrogens with one attached hydrogen (secondary N) is 2. The van der Waals surface area contributed by atoms with E-state index in [9.17, 15) is 18.3 Å². The number of imidazole rings is 1. The van der Waals surface area contributed by atoms with Crippen molar-refractivity contribution >= 4 is 21.6 Å².